The Labute approximate surface area is 72.8 Å². The zero-order valence-corrected chi connectivity index (χ0v) is 7.64. The molecule has 0 heterocycles. The number of hydrogen-bond acceptors (Lipinski definition) is 2. The van der Waals surface area contributed by atoms with Crippen LogP contribution in [-0.4, -0.2) is 19.7 Å². The molecule has 68 valence electrons. The van der Waals surface area contributed by atoms with Gasteiger partial charge in [-0.05, 0) is 18.3 Å². The van der Waals surface area contributed by atoms with E-state index in [0.29, 0.717) is 6.54 Å². The number of nitrogens with one attached hydrogen (secondary N) is 1. The number of hydrogen-bond donors (Lipinski definition) is 1. The van der Waals surface area contributed by atoms with E-state index < -0.39 is 0 Å². The van der Waals surface area contributed by atoms with E-state index in [2.05, 4.69) is 23.6 Å². The van der Waals surface area contributed by atoms with Gasteiger partial charge in [0.05, 0.1) is 7.11 Å². The molecule has 0 radical (unpaired) electrons. The van der Waals surface area contributed by atoms with E-state index in [1.807, 2.05) is 0 Å². The molecule has 0 spiro atoms. The third-order valence-corrected chi connectivity index (χ3v) is 2.20. The van der Waals surface area contributed by atoms with E-state index in [1.54, 1.807) is 0 Å². The fourth-order valence-electron chi connectivity index (χ4n) is 1.64. The average Bonchev–Trinajstić information content (AvgIpc) is 1.98. The number of alkyl carbamates (subject to hydrolysis) is 1. The maximum absolute atomic E-state index is 10.7. The second-order valence-corrected chi connectivity index (χ2v) is 3.76. The molecule has 0 aromatic carbocycles. The van der Waals surface area contributed by atoms with Crippen molar-refractivity contribution in [3.8, 4) is 0 Å². The molecule has 1 amide bonds. The standard InChI is InChI=1S/C9H15NO2/c1-7-4-9(2,5-7)6-10-8(11)12-3/h1,4-6H2,2-3H3,(H,10,11). The number of carbonyl (C=O) groups is 1. The van der Waals surface area contributed by atoms with Crippen LogP contribution in [0.3, 0.4) is 0 Å². The molecule has 0 saturated heterocycles. The maximum Gasteiger partial charge on any atom is 0.406 e. The van der Waals surface area contributed by atoms with E-state index in [4.69, 9.17) is 0 Å². The third-order valence-electron chi connectivity index (χ3n) is 2.20. The Morgan fingerprint density at radius 1 is 1.75 bits per heavy atom. The van der Waals surface area contributed by atoms with Crippen LogP contribution in [0.25, 0.3) is 0 Å². The summed E-state index contributed by atoms with van der Waals surface area (Å²) < 4.78 is 4.47. The highest BCUT2D eigenvalue weighted by molar-refractivity contribution is 5.66. The van der Waals surface area contributed by atoms with Gasteiger partial charge in [0, 0.05) is 6.54 Å². The van der Waals surface area contributed by atoms with Gasteiger partial charge in [0.25, 0.3) is 0 Å². The Hall–Kier alpha value is -0.990. The number of carbonyl (C=O) groups excluding carboxylic acids is 1. The van der Waals surface area contributed by atoms with Crippen LogP contribution in [-0.2, 0) is 4.74 Å². The normalized spacial score (nSPS) is 19.7. The van der Waals surface area contributed by atoms with Gasteiger partial charge in [0.15, 0.2) is 0 Å². The summed E-state index contributed by atoms with van der Waals surface area (Å²) in [7, 11) is 1.37. The monoisotopic (exact) mass is 169 g/mol. The highest BCUT2D eigenvalue weighted by atomic mass is 16.5. The molecular formula is C9H15NO2. The number of amides is 1. The van der Waals surface area contributed by atoms with Crippen molar-refractivity contribution in [2.24, 2.45) is 5.41 Å². The SMILES string of the molecule is C=C1CC(C)(CNC(=O)OC)C1. The van der Waals surface area contributed by atoms with Crippen molar-refractivity contribution in [2.75, 3.05) is 13.7 Å². The van der Waals surface area contributed by atoms with Crippen LogP contribution in [0.2, 0.25) is 0 Å². The van der Waals surface area contributed by atoms with E-state index in [9.17, 15) is 4.79 Å². The van der Waals surface area contributed by atoms with Crippen LogP contribution in [0.4, 0.5) is 4.79 Å². The first-order valence-corrected chi connectivity index (χ1v) is 4.04. The predicted octanol–water partition coefficient (Wildman–Crippen LogP) is 1.70. The summed E-state index contributed by atoms with van der Waals surface area (Å²) in [6, 6.07) is 0. The van der Waals surface area contributed by atoms with Crippen LogP contribution in [0, 0.1) is 5.41 Å². The van der Waals surface area contributed by atoms with Crippen molar-refractivity contribution >= 4 is 6.09 Å². The first-order valence-electron chi connectivity index (χ1n) is 4.04. The smallest absolute Gasteiger partial charge is 0.406 e. The van der Waals surface area contributed by atoms with Crippen molar-refractivity contribution < 1.29 is 9.53 Å². The molecule has 1 aliphatic carbocycles. The van der Waals surface area contributed by atoms with Crippen molar-refractivity contribution in [3.05, 3.63) is 12.2 Å². The van der Waals surface area contributed by atoms with Crippen LogP contribution in [0.15, 0.2) is 12.2 Å². The van der Waals surface area contributed by atoms with Gasteiger partial charge in [-0.1, -0.05) is 19.1 Å². The minimum absolute atomic E-state index is 0.214. The minimum atomic E-state index is -0.353. The quantitative estimate of drug-likeness (QED) is 0.639. The minimum Gasteiger partial charge on any atom is -0.453 e. The van der Waals surface area contributed by atoms with Gasteiger partial charge in [-0.15, -0.1) is 0 Å². The molecule has 1 fully saturated rings. The molecule has 1 aliphatic rings. The first kappa shape index (κ1) is 9.10. The summed E-state index contributed by atoms with van der Waals surface area (Å²) in [5, 5.41) is 2.69. The second kappa shape index (κ2) is 3.17. The zero-order valence-electron chi connectivity index (χ0n) is 7.64. The molecule has 0 aliphatic heterocycles. The van der Waals surface area contributed by atoms with E-state index >= 15 is 0 Å². The van der Waals surface area contributed by atoms with Gasteiger partial charge in [-0.3, -0.25) is 0 Å². The highest BCUT2D eigenvalue weighted by Gasteiger charge is 2.34. The number of ether oxygens (including phenoxy) is 1. The molecule has 0 unspecified atom stereocenters. The maximum atomic E-state index is 10.7. The van der Waals surface area contributed by atoms with Crippen molar-refractivity contribution in [1.29, 1.82) is 0 Å². The van der Waals surface area contributed by atoms with Crippen LogP contribution in [0.1, 0.15) is 19.8 Å². The van der Waals surface area contributed by atoms with Crippen molar-refractivity contribution in [2.45, 2.75) is 19.8 Å². The molecule has 1 N–H and O–H groups in total. The molecule has 12 heavy (non-hydrogen) atoms. The van der Waals surface area contributed by atoms with Gasteiger partial charge in [-0.2, -0.15) is 0 Å². The summed E-state index contributed by atoms with van der Waals surface area (Å²) in [6.07, 6.45) is 1.67. The Balaban J connectivity index is 2.23. The fraction of sp³-hybridized carbons (Fsp3) is 0.667. The summed E-state index contributed by atoms with van der Waals surface area (Å²) in [5.41, 5.74) is 1.48. The topological polar surface area (TPSA) is 38.3 Å². The van der Waals surface area contributed by atoms with Gasteiger partial charge < -0.3 is 10.1 Å². The van der Waals surface area contributed by atoms with Crippen LogP contribution < -0.4 is 5.32 Å². The number of allylic oxidation sites excluding steroid dienone is 1. The molecule has 0 aromatic rings. The van der Waals surface area contributed by atoms with Gasteiger partial charge in [0.1, 0.15) is 0 Å². The molecular weight excluding hydrogens is 154 g/mol. The van der Waals surface area contributed by atoms with Crippen molar-refractivity contribution in [3.63, 3.8) is 0 Å². The summed E-state index contributed by atoms with van der Waals surface area (Å²) in [6.45, 7) is 6.67. The predicted molar refractivity (Wildman–Crippen MR) is 46.9 cm³/mol. The van der Waals surface area contributed by atoms with Crippen LogP contribution in [0.5, 0.6) is 0 Å². The molecule has 1 saturated carbocycles. The van der Waals surface area contributed by atoms with Crippen molar-refractivity contribution in [1.82, 2.24) is 5.32 Å². The lowest BCUT2D eigenvalue weighted by Gasteiger charge is -2.40. The number of methoxy groups -OCH3 is 1. The molecule has 3 nitrogen and oxygen atoms in total. The Bertz CT molecular complexity index is 203. The number of rotatable bonds is 2. The van der Waals surface area contributed by atoms with E-state index in [0.717, 1.165) is 12.8 Å². The largest absolute Gasteiger partial charge is 0.453 e. The summed E-state index contributed by atoms with van der Waals surface area (Å²) in [5.74, 6) is 0. The summed E-state index contributed by atoms with van der Waals surface area (Å²) >= 11 is 0. The van der Waals surface area contributed by atoms with Gasteiger partial charge >= 0.3 is 6.09 Å². The zero-order chi connectivity index (χ0) is 9.19. The Morgan fingerprint density at radius 2 is 2.33 bits per heavy atom. The first-order chi connectivity index (χ1) is 5.56. The van der Waals surface area contributed by atoms with E-state index in [1.165, 1.54) is 12.7 Å². The van der Waals surface area contributed by atoms with Gasteiger partial charge in [0.2, 0.25) is 0 Å². The lowest BCUT2D eigenvalue weighted by atomic mass is 9.67. The Morgan fingerprint density at radius 3 is 2.75 bits per heavy atom. The average molecular weight is 169 g/mol. The van der Waals surface area contributed by atoms with E-state index in [-0.39, 0.29) is 11.5 Å². The molecule has 0 aromatic heterocycles. The Kier molecular flexibility index (Phi) is 2.40. The van der Waals surface area contributed by atoms with Gasteiger partial charge in [-0.25, -0.2) is 4.79 Å². The molecule has 0 atom stereocenters. The molecule has 1 rings (SSSR count). The highest BCUT2D eigenvalue weighted by Crippen LogP contribution is 2.43. The molecule has 3 heteroatoms. The third kappa shape index (κ3) is 2.00. The second-order valence-electron chi connectivity index (χ2n) is 3.76. The summed E-state index contributed by atoms with van der Waals surface area (Å²) in [4.78, 5) is 10.7. The lowest BCUT2D eigenvalue weighted by Crippen LogP contribution is -2.40. The molecule has 0 bridgehead atoms. The lowest BCUT2D eigenvalue weighted by molar-refractivity contribution is 0.156. The fourth-order valence-corrected chi connectivity index (χ4v) is 1.64. The van der Waals surface area contributed by atoms with Crippen LogP contribution >= 0.6 is 0 Å².